The number of rotatable bonds is 4. The molecule has 2 aromatic rings. The zero-order chi connectivity index (χ0) is 14.7. The average Bonchev–Trinajstić information content (AvgIpc) is 2.47. The molecular weight excluding hydrogens is 258 g/mol. The summed E-state index contributed by atoms with van der Waals surface area (Å²) in [5, 5.41) is 15.4. The molecule has 0 spiro atoms. The molecule has 1 aromatic heterocycles. The van der Waals surface area contributed by atoms with Crippen molar-refractivity contribution in [1.82, 2.24) is 9.78 Å². The largest absolute Gasteiger partial charge is 0.345 e. The number of aromatic nitrogens is 2. The summed E-state index contributed by atoms with van der Waals surface area (Å²) in [5.41, 5.74) is 0.0279. The Morgan fingerprint density at radius 1 is 1.40 bits per heavy atom. The lowest BCUT2D eigenvalue weighted by Gasteiger charge is -2.09. The third kappa shape index (κ3) is 2.23. The van der Waals surface area contributed by atoms with E-state index in [2.05, 4.69) is 11.7 Å². The fourth-order valence-electron chi connectivity index (χ4n) is 1.96. The summed E-state index contributed by atoms with van der Waals surface area (Å²) in [6, 6.07) is 9.00. The molecule has 102 valence electrons. The molecule has 1 aromatic carbocycles. The van der Waals surface area contributed by atoms with Crippen LogP contribution in [-0.4, -0.2) is 14.7 Å². The SMILES string of the molecule is C=Cc1c(-c2ccccc2)nn(CC)c(=O)c1[N+](=O)[O-]. The predicted molar refractivity (Wildman–Crippen MR) is 76.4 cm³/mol. The lowest BCUT2D eigenvalue weighted by Crippen LogP contribution is -2.26. The van der Waals surface area contributed by atoms with Crippen molar-refractivity contribution in [3.05, 3.63) is 62.9 Å². The summed E-state index contributed by atoms with van der Waals surface area (Å²) < 4.78 is 1.09. The molecule has 6 heteroatoms. The van der Waals surface area contributed by atoms with Crippen LogP contribution < -0.4 is 5.56 Å². The molecule has 0 saturated carbocycles. The fraction of sp³-hybridized carbons (Fsp3) is 0.143. The van der Waals surface area contributed by atoms with E-state index in [1.54, 1.807) is 31.2 Å². The molecule has 0 aliphatic rings. The molecule has 0 N–H and O–H groups in total. The van der Waals surface area contributed by atoms with Crippen molar-refractivity contribution in [2.75, 3.05) is 0 Å². The maximum Gasteiger partial charge on any atom is 0.345 e. The van der Waals surface area contributed by atoms with Crippen LogP contribution in [0, 0.1) is 10.1 Å². The summed E-state index contributed by atoms with van der Waals surface area (Å²) in [4.78, 5) is 22.5. The maximum absolute atomic E-state index is 12.0. The van der Waals surface area contributed by atoms with Gasteiger partial charge in [-0.1, -0.05) is 43.0 Å². The van der Waals surface area contributed by atoms with Gasteiger partial charge in [0, 0.05) is 12.1 Å². The summed E-state index contributed by atoms with van der Waals surface area (Å²) in [5.74, 6) is 0. The quantitative estimate of drug-likeness (QED) is 0.632. The van der Waals surface area contributed by atoms with Crippen LogP contribution in [0.5, 0.6) is 0 Å². The van der Waals surface area contributed by atoms with Gasteiger partial charge < -0.3 is 0 Å². The van der Waals surface area contributed by atoms with E-state index in [0.717, 1.165) is 4.68 Å². The Labute approximate surface area is 115 Å². The van der Waals surface area contributed by atoms with Crippen molar-refractivity contribution in [3.63, 3.8) is 0 Å². The maximum atomic E-state index is 12.0. The summed E-state index contributed by atoms with van der Waals surface area (Å²) in [7, 11) is 0. The Morgan fingerprint density at radius 2 is 2.05 bits per heavy atom. The van der Waals surface area contributed by atoms with E-state index in [1.807, 2.05) is 6.07 Å². The summed E-state index contributed by atoms with van der Waals surface area (Å²) in [6.07, 6.45) is 1.30. The first-order chi connectivity index (χ1) is 9.60. The van der Waals surface area contributed by atoms with Gasteiger partial charge in [0.2, 0.25) is 0 Å². The Hall–Kier alpha value is -2.76. The lowest BCUT2D eigenvalue weighted by atomic mass is 10.1. The van der Waals surface area contributed by atoms with Gasteiger partial charge in [0.1, 0.15) is 5.69 Å². The molecule has 0 unspecified atom stereocenters. The second-order valence-electron chi connectivity index (χ2n) is 4.06. The Morgan fingerprint density at radius 3 is 2.55 bits per heavy atom. The zero-order valence-corrected chi connectivity index (χ0v) is 10.9. The van der Waals surface area contributed by atoms with E-state index in [9.17, 15) is 14.9 Å². The Kier molecular flexibility index (Phi) is 3.74. The van der Waals surface area contributed by atoms with Crippen molar-refractivity contribution < 1.29 is 4.92 Å². The van der Waals surface area contributed by atoms with Gasteiger partial charge in [0.15, 0.2) is 0 Å². The van der Waals surface area contributed by atoms with Crippen molar-refractivity contribution in [2.45, 2.75) is 13.5 Å². The minimum atomic E-state index is -0.716. The Bertz CT molecular complexity index is 720. The van der Waals surface area contributed by atoms with Gasteiger partial charge in [0.05, 0.1) is 10.5 Å². The molecule has 0 atom stereocenters. The van der Waals surface area contributed by atoms with E-state index in [1.165, 1.54) is 6.08 Å². The second-order valence-corrected chi connectivity index (χ2v) is 4.06. The second kappa shape index (κ2) is 5.48. The monoisotopic (exact) mass is 271 g/mol. The molecule has 0 saturated heterocycles. The van der Waals surface area contributed by atoms with Gasteiger partial charge in [-0.2, -0.15) is 5.10 Å². The first kappa shape index (κ1) is 13.7. The summed E-state index contributed by atoms with van der Waals surface area (Å²) >= 11 is 0. The molecule has 0 fully saturated rings. The highest BCUT2D eigenvalue weighted by molar-refractivity contribution is 5.76. The van der Waals surface area contributed by atoms with Gasteiger partial charge in [-0.05, 0) is 6.92 Å². The number of hydrogen-bond acceptors (Lipinski definition) is 4. The van der Waals surface area contributed by atoms with Gasteiger partial charge in [-0.3, -0.25) is 14.9 Å². The van der Waals surface area contributed by atoms with Crippen LogP contribution >= 0.6 is 0 Å². The number of benzene rings is 1. The lowest BCUT2D eigenvalue weighted by molar-refractivity contribution is -0.386. The normalized spacial score (nSPS) is 10.2. The number of hydrogen-bond donors (Lipinski definition) is 0. The molecule has 2 rings (SSSR count). The minimum absolute atomic E-state index is 0.149. The van der Waals surface area contributed by atoms with Crippen LogP contribution in [0.2, 0.25) is 0 Å². The first-order valence-corrected chi connectivity index (χ1v) is 6.07. The minimum Gasteiger partial charge on any atom is -0.260 e. The molecular formula is C14H13N3O3. The van der Waals surface area contributed by atoms with E-state index < -0.39 is 16.2 Å². The molecule has 20 heavy (non-hydrogen) atoms. The van der Waals surface area contributed by atoms with E-state index in [0.29, 0.717) is 11.3 Å². The average molecular weight is 271 g/mol. The van der Waals surface area contributed by atoms with Crippen molar-refractivity contribution >= 4 is 11.8 Å². The van der Waals surface area contributed by atoms with Gasteiger partial charge in [-0.25, -0.2) is 4.68 Å². The number of aryl methyl sites for hydroxylation is 1. The summed E-state index contributed by atoms with van der Waals surface area (Å²) in [6.45, 7) is 5.53. The van der Waals surface area contributed by atoms with Crippen LogP contribution in [0.3, 0.4) is 0 Å². The number of nitrogens with zero attached hydrogens (tertiary/aromatic N) is 3. The Balaban J connectivity index is 2.88. The van der Waals surface area contributed by atoms with Crippen molar-refractivity contribution in [1.29, 1.82) is 0 Å². The van der Waals surface area contributed by atoms with Crippen LogP contribution in [0.1, 0.15) is 12.5 Å². The molecule has 0 amide bonds. The zero-order valence-electron chi connectivity index (χ0n) is 10.9. The fourth-order valence-corrected chi connectivity index (χ4v) is 1.96. The molecule has 0 aliphatic heterocycles. The van der Waals surface area contributed by atoms with Gasteiger partial charge in [0.25, 0.3) is 0 Å². The highest BCUT2D eigenvalue weighted by Crippen LogP contribution is 2.26. The topological polar surface area (TPSA) is 78.0 Å². The molecule has 6 nitrogen and oxygen atoms in total. The predicted octanol–water partition coefficient (Wildman–Crippen LogP) is 2.48. The van der Waals surface area contributed by atoms with E-state index in [4.69, 9.17) is 0 Å². The van der Waals surface area contributed by atoms with Crippen LogP contribution in [-0.2, 0) is 6.54 Å². The third-order valence-electron chi connectivity index (χ3n) is 2.90. The third-order valence-corrected chi connectivity index (χ3v) is 2.90. The standard InChI is InChI=1S/C14H13N3O3/c1-3-11-12(10-8-6-5-7-9-10)15-16(4-2)14(18)13(11)17(19)20/h3,5-9H,1,4H2,2H3. The van der Waals surface area contributed by atoms with Crippen LogP contribution in [0.15, 0.2) is 41.7 Å². The van der Waals surface area contributed by atoms with Crippen LogP contribution in [0.4, 0.5) is 5.69 Å². The smallest absolute Gasteiger partial charge is 0.260 e. The number of nitro groups is 1. The molecule has 0 aliphatic carbocycles. The highest BCUT2D eigenvalue weighted by atomic mass is 16.6. The van der Waals surface area contributed by atoms with E-state index in [-0.39, 0.29) is 12.1 Å². The highest BCUT2D eigenvalue weighted by Gasteiger charge is 2.24. The molecule has 1 heterocycles. The van der Waals surface area contributed by atoms with Gasteiger partial charge in [-0.15, -0.1) is 0 Å². The molecule has 0 bridgehead atoms. The van der Waals surface area contributed by atoms with Gasteiger partial charge >= 0.3 is 11.2 Å². The molecule has 0 radical (unpaired) electrons. The van der Waals surface area contributed by atoms with Crippen LogP contribution in [0.25, 0.3) is 17.3 Å². The van der Waals surface area contributed by atoms with Crippen molar-refractivity contribution in [3.8, 4) is 11.3 Å². The first-order valence-electron chi connectivity index (χ1n) is 6.07. The van der Waals surface area contributed by atoms with E-state index >= 15 is 0 Å². The van der Waals surface area contributed by atoms with Crippen molar-refractivity contribution in [2.24, 2.45) is 0 Å².